The van der Waals surface area contributed by atoms with E-state index in [1.807, 2.05) is 6.92 Å². The van der Waals surface area contributed by atoms with E-state index in [-0.39, 0.29) is 5.82 Å². The molecule has 1 aromatic heterocycles. The minimum Gasteiger partial charge on any atom is -0.389 e. The first kappa shape index (κ1) is 10.6. The molecule has 0 amide bonds. The average Bonchev–Trinajstić information content (AvgIpc) is 2.45. The van der Waals surface area contributed by atoms with E-state index in [9.17, 15) is 4.39 Å². The van der Waals surface area contributed by atoms with Crippen LogP contribution in [0.4, 0.5) is 9.39 Å². The van der Waals surface area contributed by atoms with Gasteiger partial charge in [0.05, 0.1) is 5.01 Å². The summed E-state index contributed by atoms with van der Waals surface area (Å²) in [6.07, 6.45) is 0. The largest absolute Gasteiger partial charge is 0.389 e. The lowest BCUT2D eigenvalue weighted by atomic mass is 10.1. The second kappa shape index (κ2) is 3.90. The minimum absolute atomic E-state index is 0.281. The summed E-state index contributed by atoms with van der Waals surface area (Å²) in [5.74, 6) is -0.281. The molecule has 0 atom stereocenters. The second-order valence-corrected chi connectivity index (χ2v) is 5.16. The van der Waals surface area contributed by atoms with Crippen LogP contribution >= 0.6 is 27.3 Å². The van der Waals surface area contributed by atoms with Crippen LogP contribution in [0.3, 0.4) is 0 Å². The predicted molar refractivity (Wildman–Crippen MR) is 64.4 cm³/mol. The van der Waals surface area contributed by atoms with Crippen LogP contribution in [0.25, 0.3) is 11.3 Å². The molecule has 0 aliphatic rings. The van der Waals surface area contributed by atoms with Gasteiger partial charge in [-0.1, -0.05) is 0 Å². The Morgan fingerprint density at radius 3 is 2.73 bits per heavy atom. The summed E-state index contributed by atoms with van der Waals surface area (Å²) >= 11 is 4.73. The van der Waals surface area contributed by atoms with Gasteiger partial charge >= 0.3 is 0 Å². The Bertz CT molecular complexity index is 510. The van der Waals surface area contributed by atoms with E-state index >= 15 is 0 Å². The standard InChI is InChI=1S/C10H8BrFN2S/c1-5-14-9(10(13)15-5)7-3-2-6(12)4-8(7)11/h2-4H,13H2,1H3. The number of aromatic nitrogens is 1. The number of thiazole rings is 1. The molecule has 1 aromatic carbocycles. The zero-order valence-corrected chi connectivity index (χ0v) is 10.3. The molecule has 0 saturated carbocycles. The molecule has 2 aromatic rings. The molecule has 0 spiro atoms. The van der Waals surface area contributed by atoms with Gasteiger partial charge in [0.2, 0.25) is 0 Å². The quantitative estimate of drug-likeness (QED) is 0.870. The van der Waals surface area contributed by atoms with Crippen molar-refractivity contribution in [1.82, 2.24) is 4.98 Å². The zero-order valence-electron chi connectivity index (χ0n) is 7.92. The first-order valence-electron chi connectivity index (χ1n) is 4.26. The molecule has 5 heteroatoms. The van der Waals surface area contributed by atoms with Crippen molar-refractivity contribution < 1.29 is 4.39 Å². The number of nitrogens with zero attached hydrogens (tertiary/aromatic N) is 1. The van der Waals surface area contributed by atoms with Crippen molar-refractivity contribution in [3.8, 4) is 11.3 Å². The van der Waals surface area contributed by atoms with E-state index < -0.39 is 0 Å². The molecular formula is C10H8BrFN2S. The van der Waals surface area contributed by atoms with Crippen LogP contribution in [0.1, 0.15) is 5.01 Å². The van der Waals surface area contributed by atoms with Crippen molar-refractivity contribution in [2.75, 3.05) is 5.73 Å². The summed E-state index contributed by atoms with van der Waals surface area (Å²) in [6.45, 7) is 1.89. The number of aryl methyl sites for hydroxylation is 1. The molecule has 2 rings (SSSR count). The average molecular weight is 287 g/mol. The van der Waals surface area contributed by atoms with Crippen molar-refractivity contribution in [1.29, 1.82) is 0 Å². The lowest BCUT2D eigenvalue weighted by Gasteiger charge is -2.01. The van der Waals surface area contributed by atoms with Crippen molar-refractivity contribution >= 4 is 32.3 Å². The van der Waals surface area contributed by atoms with Crippen LogP contribution in [0.2, 0.25) is 0 Å². The fraction of sp³-hybridized carbons (Fsp3) is 0.100. The smallest absolute Gasteiger partial charge is 0.124 e. The third kappa shape index (κ3) is 2.03. The molecule has 1 heterocycles. The van der Waals surface area contributed by atoms with Crippen molar-refractivity contribution in [2.24, 2.45) is 0 Å². The number of anilines is 1. The van der Waals surface area contributed by atoms with Crippen LogP contribution in [0, 0.1) is 12.7 Å². The number of halogens is 2. The number of hydrogen-bond acceptors (Lipinski definition) is 3. The maximum Gasteiger partial charge on any atom is 0.124 e. The number of rotatable bonds is 1. The number of benzene rings is 1. The van der Waals surface area contributed by atoms with Gasteiger partial charge in [-0.2, -0.15) is 0 Å². The van der Waals surface area contributed by atoms with Crippen molar-refractivity contribution in [2.45, 2.75) is 6.92 Å². The highest BCUT2D eigenvalue weighted by atomic mass is 79.9. The van der Waals surface area contributed by atoms with Crippen LogP contribution in [0.5, 0.6) is 0 Å². The lowest BCUT2D eigenvalue weighted by Crippen LogP contribution is -1.87. The fourth-order valence-electron chi connectivity index (χ4n) is 1.32. The first-order chi connectivity index (χ1) is 7.08. The Labute approximate surface area is 99.1 Å². The van der Waals surface area contributed by atoms with Gasteiger partial charge in [0.25, 0.3) is 0 Å². The Balaban J connectivity index is 2.59. The molecule has 2 nitrogen and oxygen atoms in total. The third-order valence-corrected chi connectivity index (χ3v) is 3.40. The highest BCUT2D eigenvalue weighted by Gasteiger charge is 2.11. The van der Waals surface area contributed by atoms with Crippen LogP contribution < -0.4 is 5.73 Å². The normalized spacial score (nSPS) is 10.6. The number of hydrogen-bond donors (Lipinski definition) is 1. The van der Waals surface area contributed by atoms with Gasteiger partial charge in [-0.05, 0) is 41.1 Å². The summed E-state index contributed by atoms with van der Waals surface area (Å²) in [4.78, 5) is 4.31. The molecule has 0 radical (unpaired) electrons. The van der Waals surface area contributed by atoms with E-state index in [4.69, 9.17) is 5.73 Å². The Hall–Kier alpha value is -0.940. The highest BCUT2D eigenvalue weighted by Crippen LogP contribution is 2.34. The van der Waals surface area contributed by atoms with Gasteiger partial charge < -0.3 is 5.73 Å². The molecule has 0 aliphatic heterocycles. The van der Waals surface area contributed by atoms with Crippen LogP contribution in [-0.2, 0) is 0 Å². The summed E-state index contributed by atoms with van der Waals surface area (Å²) < 4.78 is 13.6. The molecule has 0 saturated heterocycles. The summed E-state index contributed by atoms with van der Waals surface area (Å²) in [5.41, 5.74) is 7.35. The van der Waals surface area contributed by atoms with Gasteiger partial charge in [-0.3, -0.25) is 0 Å². The van der Waals surface area contributed by atoms with E-state index in [2.05, 4.69) is 20.9 Å². The van der Waals surface area contributed by atoms with Gasteiger partial charge in [-0.25, -0.2) is 9.37 Å². The fourth-order valence-corrected chi connectivity index (χ4v) is 2.56. The van der Waals surface area contributed by atoms with Gasteiger partial charge in [0.15, 0.2) is 0 Å². The number of nitrogen functional groups attached to an aromatic ring is 1. The molecule has 0 aliphatic carbocycles. The topological polar surface area (TPSA) is 38.9 Å². The lowest BCUT2D eigenvalue weighted by molar-refractivity contribution is 0.627. The van der Waals surface area contributed by atoms with Crippen molar-refractivity contribution in [3.05, 3.63) is 33.5 Å². The Morgan fingerprint density at radius 2 is 2.20 bits per heavy atom. The molecule has 78 valence electrons. The highest BCUT2D eigenvalue weighted by molar-refractivity contribution is 9.10. The first-order valence-corrected chi connectivity index (χ1v) is 5.87. The Morgan fingerprint density at radius 1 is 1.47 bits per heavy atom. The van der Waals surface area contributed by atoms with Gasteiger partial charge in [0, 0.05) is 10.0 Å². The van der Waals surface area contributed by atoms with Crippen molar-refractivity contribution in [3.63, 3.8) is 0 Å². The SMILES string of the molecule is Cc1nc(-c2ccc(F)cc2Br)c(N)s1. The molecule has 15 heavy (non-hydrogen) atoms. The monoisotopic (exact) mass is 286 g/mol. The maximum absolute atomic E-state index is 12.9. The number of nitrogens with two attached hydrogens (primary N) is 1. The zero-order chi connectivity index (χ0) is 11.0. The molecule has 0 bridgehead atoms. The van der Waals surface area contributed by atoms with Gasteiger partial charge in [-0.15, -0.1) is 11.3 Å². The maximum atomic E-state index is 12.9. The van der Waals surface area contributed by atoms with E-state index in [1.54, 1.807) is 6.07 Å². The molecule has 0 fully saturated rings. The van der Waals surface area contributed by atoms with Crippen LogP contribution in [-0.4, -0.2) is 4.98 Å². The minimum atomic E-state index is -0.281. The van der Waals surface area contributed by atoms with E-state index in [0.717, 1.165) is 10.6 Å². The third-order valence-electron chi connectivity index (χ3n) is 1.95. The van der Waals surface area contributed by atoms with E-state index in [1.165, 1.54) is 23.5 Å². The molecule has 2 N–H and O–H groups in total. The predicted octanol–water partition coefficient (Wildman–Crippen LogP) is 3.60. The summed E-state index contributed by atoms with van der Waals surface area (Å²) in [6, 6.07) is 4.47. The molecular weight excluding hydrogens is 279 g/mol. The second-order valence-electron chi connectivity index (χ2n) is 3.07. The summed E-state index contributed by atoms with van der Waals surface area (Å²) in [5, 5.41) is 1.55. The van der Waals surface area contributed by atoms with E-state index in [0.29, 0.717) is 15.2 Å². The van der Waals surface area contributed by atoms with Gasteiger partial charge in [0.1, 0.15) is 16.5 Å². The summed E-state index contributed by atoms with van der Waals surface area (Å²) in [7, 11) is 0. The van der Waals surface area contributed by atoms with Crippen LogP contribution in [0.15, 0.2) is 22.7 Å². The Kier molecular flexibility index (Phi) is 2.75. The molecule has 0 unspecified atom stereocenters.